The van der Waals surface area contributed by atoms with Crippen LogP contribution in [0.15, 0.2) is 18.2 Å². The zero-order valence-electron chi connectivity index (χ0n) is 16.9. The van der Waals surface area contributed by atoms with Crippen molar-refractivity contribution in [2.45, 2.75) is 96.8 Å². The molecule has 0 aromatic heterocycles. The topological polar surface area (TPSA) is 18.5 Å². The van der Waals surface area contributed by atoms with E-state index in [0.29, 0.717) is 0 Å². The van der Waals surface area contributed by atoms with Gasteiger partial charge >= 0.3 is 0 Å². The molecule has 0 radical (unpaired) electrons. The standard InChI is InChI=1S/C23H40O2/c1-4-5-6-7-8-9-10-11-12-13-14-15-16-18-21-19-17-20-22(24-2)23(21)25-3/h17,19-20H,4-16,18H2,1-3H3. The van der Waals surface area contributed by atoms with E-state index in [1.807, 2.05) is 6.07 Å². The first-order valence-electron chi connectivity index (χ1n) is 10.5. The molecule has 2 nitrogen and oxygen atoms in total. The Hall–Kier alpha value is -1.18. The van der Waals surface area contributed by atoms with Crippen LogP contribution in [-0.4, -0.2) is 14.2 Å². The van der Waals surface area contributed by atoms with Crippen LogP contribution in [0.25, 0.3) is 0 Å². The first kappa shape index (κ1) is 21.9. The van der Waals surface area contributed by atoms with E-state index < -0.39 is 0 Å². The lowest BCUT2D eigenvalue weighted by Gasteiger charge is -2.12. The van der Waals surface area contributed by atoms with Crippen molar-refractivity contribution >= 4 is 0 Å². The Bertz CT molecular complexity index is 428. The number of hydrogen-bond donors (Lipinski definition) is 0. The van der Waals surface area contributed by atoms with Crippen LogP contribution in [0.1, 0.15) is 96.0 Å². The minimum atomic E-state index is 0.842. The molecule has 1 aromatic carbocycles. The molecule has 0 bridgehead atoms. The fourth-order valence-electron chi connectivity index (χ4n) is 3.48. The lowest BCUT2D eigenvalue weighted by molar-refractivity contribution is 0.351. The molecule has 0 unspecified atom stereocenters. The summed E-state index contributed by atoms with van der Waals surface area (Å²) in [6.45, 7) is 2.28. The number of para-hydroxylation sites is 1. The fourth-order valence-corrected chi connectivity index (χ4v) is 3.48. The zero-order valence-corrected chi connectivity index (χ0v) is 16.9. The van der Waals surface area contributed by atoms with E-state index in [-0.39, 0.29) is 0 Å². The molecule has 0 saturated heterocycles. The van der Waals surface area contributed by atoms with Crippen LogP contribution >= 0.6 is 0 Å². The minimum Gasteiger partial charge on any atom is -0.493 e. The van der Waals surface area contributed by atoms with E-state index in [0.717, 1.165) is 17.9 Å². The van der Waals surface area contributed by atoms with Gasteiger partial charge in [-0.25, -0.2) is 0 Å². The highest BCUT2D eigenvalue weighted by Crippen LogP contribution is 2.31. The number of rotatable bonds is 16. The molecule has 1 aromatic rings. The van der Waals surface area contributed by atoms with Gasteiger partial charge in [0.2, 0.25) is 0 Å². The van der Waals surface area contributed by atoms with Gasteiger partial charge in [0.05, 0.1) is 14.2 Å². The highest BCUT2D eigenvalue weighted by molar-refractivity contribution is 5.46. The molecule has 0 amide bonds. The van der Waals surface area contributed by atoms with Crippen molar-refractivity contribution < 1.29 is 9.47 Å². The van der Waals surface area contributed by atoms with Gasteiger partial charge in [0.15, 0.2) is 11.5 Å². The number of hydrogen-bond acceptors (Lipinski definition) is 2. The van der Waals surface area contributed by atoms with Crippen molar-refractivity contribution in [1.82, 2.24) is 0 Å². The largest absolute Gasteiger partial charge is 0.493 e. The summed E-state index contributed by atoms with van der Waals surface area (Å²) in [5, 5.41) is 0. The molecule has 1 rings (SSSR count). The maximum Gasteiger partial charge on any atom is 0.163 e. The average molecular weight is 349 g/mol. The van der Waals surface area contributed by atoms with Crippen LogP contribution in [-0.2, 0) is 6.42 Å². The molecule has 0 spiro atoms. The van der Waals surface area contributed by atoms with Crippen molar-refractivity contribution in [3.05, 3.63) is 23.8 Å². The number of benzene rings is 1. The Labute approximate surface area is 156 Å². The third-order valence-electron chi connectivity index (χ3n) is 5.03. The van der Waals surface area contributed by atoms with Gasteiger partial charge in [0, 0.05) is 0 Å². The van der Waals surface area contributed by atoms with E-state index in [9.17, 15) is 0 Å². The van der Waals surface area contributed by atoms with Gasteiger partial charge in [-0.05, 0) is 24.5 Å². The lowest BCUT2D eigenvalue weighted by atomic mass is 10.0. The molecule has 0 N–H and O–H groups in total. The smallest absolute Gasteiger partial charge is 0.163 e. The SMILES string of the molecule is CCCCCCCCCCCCCCCc1cccc(OC)c1OC. The quantitative estimate of drug-likeness (QED) is 0.291. The minimum absolute atomic E-state index is 0.842. The van der Waals surface area contributed by atoms with Crippen LogP contribution in [0.2, 0.25) is 0 Å². The van der Waals surface area contributed by atoms with E-state index in [1.54, 1.807) is 14.2 Å². The molecule has 0 aliphatic heterocycles. The summed E-state index contributed by atoms with van der Waals surface area (Å²) in [5.74, 6) is 1.75. The Morgan fingerprint density at radius 2 is 1.16 bits per heavy atom. The number of methoxy groups -OCH3 is 2. The molecular weight excluding hydrogens is 308 g/mol. The first-order valence-corrected chi connectivity index (χ1v) is 10.5. The first-order chi connectivity index (χ1) is 12.3. The van der Waals surface area contributed by atoms with Gasteiger partial charge in [0.25, 0.3) is 0 Å². The van der Waals surface area contributed by atoms with Gasteiger partial charge in [-0.15, -0.1) is 0 Å². The second-order valence-electron chi connectivity index (χ2n) is 7.15. The van der Waals surface area contributed by atoms with Crippen molar-refractivity contribution in [2.75, 3.05) is 14.2 Å². The van der Waals surface area contributed by atoms with E-state index >= 15 is 0 Å². The van der Waals surface area contributed by atoms with Crippen LogP contribution < -0.4 is 9.47 Å². The summed E-state index contributed by atoms with van der Waals surface area (Å²) in [5.41, 5.74) is 1.27. The Kier molecular flexibility index (Phi) is 13.2. The van der Waals surface area contributed by atoms with Crippen molar-refractivity contribution in [2.24, 2.45) is 0 Å². The number of unbranched alkanes of at least 4 members (excludes halogenated alkanes) is 12. The molecule has 0 aliphatic carbocycles. The van der Waals surface area contributed by atoms with Crippen LogP contribution in [0.3, 0.4) is 0 Å². The van der Waals surface area contributed by atoms with Crippen LogP contribution in [0.5, 0.6) is 11.5 Å². The zero-order chi connectivity index (χ0) is 18.2. The monoisotopic (exact) mass is 348 g/mol. The van der Waals surface area contributed by atoms with Crippen LogP contribution in [0, 0.1) is 0 Å². The summed E-state index contributed by atoms with van der Waals surface area (Å²) in [4.78, 5) is 0. The molecule has 25 heavy (non-hydrogen) atoms. The van der Waals surface area contributed by atoms with E-state index in [2.05, 4.69) is 19.1 Å². The number of ether oxygens (including phenoxy) is 2. The second kappa shape index (κ2) is 15.1. The molecule has 0 heterocycles. The van der Waals surface area contributed by atoms with E-state index in [4.69, 9.17) is 9.47 Å². The van der Waals surface area contributed by atoms with Gasteiger partial charge in [-0.3, -0.25) is 0 Å². The molecule has 0 saturated carbocycles. The van der Waals surface area contributed by atoms with Gasteiger partial charge < -0.3 is 9.47 Å². The summed E-state index contributed by atoms with van der Waals surface area (Å²) in [7, 11) is 3.43. The molecular formula is C23H40O2. The Morgan fingerprint density at radius 3 is 1.64 bits per heavy atom. The van der Waals surface area contributed by atoms with E-state index in [1.165, 1.54) is 89.0 Å². The lowest BCUT2D eigenvalue weighted by Crippen LogP contribution is -1.96. The average Bonchev–Trinajstić information content (AvgIpc) is 2.65. The molecule has 0 fully saturated rings. The predicted octanol–water partition coefficient (Wildman–Crippen LogP) is 7.34. The summed E-state index contributed by atoms with van der Waals surface area (Å²) >= 11 is 0. The maximum atomic E-state index is 5.51. The highest BCUT2D eigenvalue weighted by atomic mass is 16.5. The molecule has 0 aliphatic rings. The molecule has 2 heteroatoms. The van der Waals surface area contributed by atoms with Crippen molar-refractivity contribution in [3.63, 3.8) is 0 Å². The molecule has 0 atom stereocenters. The second-order valence-corrected chi connectivity index (χ2v) is 7.15. The highest BCUT2D eigenvalue weighted by Gasteiger charge is 2.08. The maximum absolute atomic E-state index is 5.51. The van der Waals surface area contributed by atoms with Gasteiger partial charge in [0.1, 0.15) is 0 Å². The molecule has 144 valence electrons. The fraction of sp³-hybridized carbons (Fsp3) is 0.739. The van der Waals surface area contributed by atoms with Gasteiger partial charge in [-0.1, -0.05) is 96.1 Å². The third-order valence-corrected chi connectivity index (χ3v) is 5.03. The summed E-state index contributed by atoms with van der Waals surface area (Å²) < 4.78 is 10.9. The predicted molar refractivity (Wildman–Crippen MR) is 109 cm³/mol. The summed E-state index contributed by atoms with van der Waals surface area (Å²) in [6, 6.07) is 6.17. The van der Waals surface area contributed by atoms with Crippen molar-refractivity contribution in [3.8, 4) is 11.5 Å². The Morgan fingerprint density at radius 1 is 0.640 bits per heavy atom. The number of aryl methyl sites for hydroxylation is 1. The Balaban J connectivity index is 1.99. The summed E-state index contributed by atoms with van der Waals surface area (Å²) in [6.07, 6.45) is 19.2. The third kappa shape index (κ3) is 9.77. The van der Waals surface area contributed by atoms with Crippen molar-refractivity contribution in [1.29, 1.82) is 0 Å². The van der Waals surface area contributed by atoms with Crippen LogP contribution in [0.4, 0.5) is 0 Å². The van der Waals surface area contributed by atoms with Gasteiger partial charge in [-0.2, -0.15) is 0 Å². The normalized spacial score (nSPS) is 10.8.